The van der Waals surface area contributed by atoms with Gasteiger partial charge in [0.2, 0.25) is 0 Å². The number of ether oxygens (including phenoxy) is 3. The summed E-state index contributed by atoms with van der Waals surface area (Å²) in [6, 6.07) is 6.73. The Labute approximate surface area is 128 Å². The molecule has 1 aromatic carbocycles. The average molecular weight is 349 g/mol. The molecule has 5 heteroatoms. The van der Waals surface area contributed by atoms with Crippen molar-refractivity contribution in [2.45, 2.75) is 12.3 Å². The molecule has 0 saturated heterocycles. The van der Waals surface area contributed by atoms with Crippen LogP contribution >= 0.6 is 15.9 Å². The molecule has 0 fully saturated rings. The van der Waals surface area contributed by atoms with Crippen molar-refractivity contribution in [3.05, 3.63) is 35.6 Å². The Balaban J connectivity index is 2.16. The predicted molar refractivity (Wildman–Crippen MR) is 81.1 cm³/mol. The number of rotatable bonds is 11. The van der Waals surface area contributed by atoms with Gasteiger partial charge in [-0.2, -0.15) is 0 Å². The molecule has 0 aliphatic rings. The Kier molecular flexibility index (Phi) is 9.83. The lowest BCUT2D eigenvalue weighted by atomic mass is 9.98. The summed E-state index contributed by atoms with van der Waals surface area (Å²) in [5.74, 6) is 0.0704. The third kappa shape index (κ3) is 7.33. The molecule has 0 bridgehead atoms. The Morgan fingerprint density at radius 2 is 1.80 bits per heavy atom. The summed E-state index contributed by atoms with van der Waals surface area (Å²) < 4.78 is 28.9. The van der Waals surface area contributed by atoms with Gasteiger partial charge in [-0.1, -0.05) is 28.1 Å². The first kappa shape index (κ1) is 17.6. The highest BCUT2D eigenvalue weighted by Gasteiger charge is 2.10. The van der Waals surface area contributed by atoms with E-state index in [0.717, 1.165) is 17.3 Å². The molecule has 1 rings (SSSR count). The molecule has 0 aliphatic heterocycles. The third-order valence-electron chi connectivity index (χ3n) is 2.92. The van der Waals surface area contributed by atoms with Gasteiger partial charge in [0.1, 0.15) is 5.82 Å². The summed E-state index contributed by atoms with van der Waals surface area (Å²) in [5.41, 5.74) is 1.00. The quantitative estimate of drug-likeness (QED) is 0.453. The van der Waals surface area contributed by atoms with Crippen molar-refractivity contribution >= 4 is 15.9 Å². The molecule has 0 heterocycles. The van der Waals surface area contributed by atoms with E-state index in [1.165, 1.54) is 6.07 Å². The topological polar surface area (TPSA) is 27.7 Å². The van der Waals surface area contributed by atoms with Gasteiger partial charge in [-0.25, -0.2) is 4.39 Å². The highest BCUT2D eigenvalue weighted by atomic mass is 79.9. The fraction of sp³-hybridized carbons (Fsp3) is 0.600. The molecule has 0 aromatic heterocycles. The number of halogens is 2. The molecule has 20 heavy (non-hydrogen) atoms. The standard InChI is InChI=1S/C15H22BrFO3/c1-18-7-8-20-10-9-19-6-5-14(12-16)13-3-2-4-15(17)11-13/h2-4,11,14H,5-10,12H2,1H3. The largest absolute Gasteiger partial charge is 0.382 e. The monoisotopic (exact) mass is 348 g/mol. The minimum absolute atomic E-state index is 0.194. The predicted octanol–water partition coefficient (Wildman–Crippen LogP) is 3.37. The van der Waals surface area contributed by atoms with Gasteiger partial charge in [0.05, 0.1) is 26.4 Å². The Morgan fingerprint density at radius 3 is 2.45 bits per heavy atom. The number of methoxy groups -OCH3 is 1. The molecule has 0 saturated carbocycles. The molecule has 0 spiro atoms. The van der Waals surface area contributed by atoms with Crippen molar-refractivity contribution in [3.8, 4) is 0 Å². The van der Waals surface area contributed by atoms with E-state index in [1.807, 2.05) is 6.07 Å². The fourth-order valence-corrected chi connectivity index (χ4v) is 2.48. The van der Waals surface area contributed by atoms with Crippen LogP contribution < -0.4 is 0 Å². The second-order valence-electron chi connectivity index (χ2n) is 4.41. The van der Waals surface area contributed by atoms with Crippen molar-refractivity contribution in [3.63, 3.8) is 0 Å². The smallest absolute Gasteiger partial charge is 0.123 e. The van der Waals surface area contributed by atoms with Gasteiger partial charge in [0, 0.05) is 19.0 Å². The van der Waals surface area contributed by atoms with Gasteiger partial charge in [-0.15, -0.1) is 0 Å². The number of hydrogen-bond acceptors (Lipinski definition) is 3. The SMILES string of the molecule is COCCOCCOCCC(CBr)c1cccc(F)c1. The average Bonchev–Trinajstić information content (AvgIpc) is 2.46. The van der Waals surface area contributed by atoms with Crippen molar-refractivity contribution in [2.24, 2.45) is 0 Å². The van der Waals surface area contributed by atoms with E-state index in [2.05, 4.69) is 15.9 Å². The van der Waals surface area contributed by atoms with Crippen LogP contribution in [0.4, 0.5) is 4.39 Å². The van der Waals surface area contributed by atoms with E-state index in [0.29, 0.717) is 33.0 Å². The highest BCUT2D eigenvalue weighted by molar-refractivity contribution is 9.09. The normalized spacial score (nSPS) is 12.6. The van der Waals surface area contributed by atoms with E-state index >= 15 is 0 Å². The zero-order valence-corrected chi connectivity index (χ0v) is 13.4. The van der Waals surface area contributed by atoms with Crippen molar-refractivity contribution in [1.29, 1.82) is 0 Å². The van der Waals surface area contributed by atoms with Crippen LogP contribution in [0.5, 0.6) is 0 Å². The maximum Gasteiger partial charge on any atom is 0.123 e. The van der Waals surface area contributed by atoms with Crippen LogP contribution in [0, 0.1) is 5.82 Å². The van der Waals surface area contributed by atoms with E-state index < -0.39 is 0 Å². The van der Waals surface area contributed by atoms with Crippen LogP contribution in [0.15, 0.2) is 24.3 Å². The molecule has 1 atom stereocenters. The first-order valence-electron chi connectivity index (χ1n) is 6.73. The van der Waals surface area contributed by atoms with Gasteiger partial charge in [0.25, 0.3) is 0 Å². The van der Waals surface area contributed by atoms with Crippen LogP contribution in [0.2, 0.25) is 0 Å². The molecule has 0 radical (unpaired) electrons. The minimum atomic E-state index is -0.194. The van der Waals surface area contributed by atoms with Crippen molar-refractivity contribution in [2.75, 3.05) is 45.5 Å². The second-order valence-corrected chi connectivity index (χ2v) is 5.06. The lowest BCUT2D eigenvalue weighted by molar-refractivity contribution is 0.0236. The Hall–Kier alpha value is -0.490. The Bertz CT molecular complexity index is 363. The van der Waals surface area contributed by atoms with Gasteiger partial charge in [0.15, 0.2) is 0 Å². The summed E-state index contributed by atoms with van der Waals surface area (Å²) in [6.07, 6.45) is 0.854. The summed E-state index contributed by atoms with van der Waals surface area (Å²) in [5, 5.41) is 0.796. The molecule has 3 nitrogen and oxygen atoms in total. The molecular weight excluding hydrogens is 327 g/mol. The number of alkyl halides is 1. The van der Waals surface area contributed by atoms with E-state index in [4.69, 9.17) is 14.2 Å². The highest BCUT2D eigenvalue weighted by Crippen LogP contribution is 2.22. The van der Waals surface area contributed by atoms with Crippen LogP contribution in [0.1, 0.15) is 17.9 Å². The van der Waals surface area contributed by atoms with Crippen LogP contribution in [0.3, 0.4) is 0 Å². The minimum Gasteiger partial charge on any atom is -0.382 e. The van der Waals surface area contributed by atoms with E-state index in [-0.39, 0.29) is 11.7 Å². The molecule has 1 unspecified atom stereocenters. The zero-order valence-electron chi connectivity index (χ0n) is 11.8. The first-order chi connectivity index (χ1) is 9.77. The number of hydrogen-bond donors (Lipinski definition) is 0. The van der Waals surface area contributed by atoms with Crippen molar-refractivity contribution in [1.82, 2.24) is 0 Å². The molecule has 0 N–H and O–H groups in total. The maximum absolute atomic E-state index is 13.2. The van der Waals surface area contributed by atoms with Gasteiger partial charge >= 0.3 is 0 Å². The fourth-order valence-electron chi connectivity index (χ4n) is 1.78. The first-order valence-corrected chi connectivity index (χ1v) is 7.86. The van der Waals surface area contributed by atoms with Gasteiger partial charge < -0.3 is 14.2 Å². The summed E-state index contributed by atoms with van der Waals surface area (Å²) in [7, 11) is 1.65. The van der Waals surface area contributed by atoms with Crippen LogP contribution in [-0.4, -0.2) is 45.5 Å². The Morgan fingerprint density at radius 1 is 1.10 bits per heavy atom. The van der Waals surface area contributed by atoms with Crippen molar-refractivity contribution < 1.29 is 18.6 Å². The number of benzene rings is 1. The summed E-state index contributed by atoms with van der Waals surface area (Å²) in [6.45, 7) is 2.98. The molecule has 1 aromatic rings. The zero-order chi connectivity index (χ0) is 14.6. The molecular formula is C15H22BrFO3. The summed E-state index contributed by atoms with van der Waals surface area (Å²) >= 11 is 3.47. The second kappa shape index (κ2) is 11.2. The molecule has 0 amide bonds. The maximum atomic E-state index is 13.2. The van der Waals surface area contributed by atoms with Crippen LogP contribution in [-0.2, 0) is 14.2 Å². The van der Waals surface area contributed by atoms with E-state index in [9.17, 15) is 4.39 Å². The van der Waals surface area contributed by atoms with E-state index in [1.54, 1.807) is 19.2 Å². The molecule has 114 valence electrons. The third-order valence-corrected chi connectivity index (χ3v) is 3.70. The lowest BCUT2D eigenvalue weighted by Gasteiger charge is -2.14. The molecule has 0 aliphatic carbocycles. The summed E-state index contributed by atoms with van der Waals surface area (Å²) in [4.78, 5) is 0. The van der Waals surface area contributed by atoms with Gasteiger partial charge in [-0.05, 0) is 30.0 Å². The van der Waals surface area contributed by atoms with Gasteiger partial charge in [-0.3, -0.25) is 0 Å². The lowest BCUT2D eigenvalue weighted by Crippen LogP contribution is -2.11. The van der Waals surface area contributed by atoms with Crippen LogP contribution in [0.25, 0.3) is 0 Å².